The van der Waals surface area contributed by atoms with Gasteiger partial charge in [0.2, 0.25) is 0 Å². The average molecular weight is 248 g/mol. The molecule has 2 nitrogen and oxygen atoms in total. The maximum Gasteiger partial charge on any atom is 0.126 e. The van der Waals surface area contributed by atoms with Crippen molar-refractivity contribution in [3.05, 3.63) is 34.9 Å². The first kappa shape index (κ1) is 14.8. The highest BCUT2D eigenvalue weighted by molar-refractivity contribution is 5.59. The molecular weight excluding hydrogens is 224 g/mol. The van der Waals surface area contributed by atoms with Crippen molar-refractivity contribution in [1.82, 2.24) is 0 Å². The molecule has 0 bridgehead atoms. The maximum absolute atomic E-state index is 9.64. The van der Waals surface area contributed by atoms with Gasteiger partial charge >= 0.3 is 0 Å². The molecule has 0 saturated carbocycles. The quantitative estimate of drug-likeness (QED) is 0.857. The Labute approximate surface area is 110 Å². The minimum absolute atomic E-state index is 0.600. The first-order valence-electron chi connectivity index (χ1n) is 6.37. The molecule has 0 fully saturated rings. The Balaban J connectivity index is 2.77. The zero-order valence-corrected chi connectivity index (χ0v) is 12.1. The summed E-state index contributed by atoms with van der Waals surface area (Å²) in [5.74, 6) is 0.901. The molecule has 0 amide bonds. The fourth-order valence-corrected chi connectivity index (χ4v) is 1.77. The Morgan fingerprint density at radius 2 is 1.83 bits per heavy atom. The van der Waals surface area contributed by atoms with Gasteiger partial charge in [-0.3, -0.25) is 0 Å². The summed E-state index contributed by atoms with van der Waals surface area (Å²) in [4.78, 5) is 0. The van der Waals surface area contributed by atoms with E-state index >= 15 is 0 Å². The highest BCUT2D eigenvalue weighted by Gasteiger charge is 2.10. The van der Waals surface area contributed by atoms with Gasteiger partial charge in [-0.2, -0.15) is 0 Å². The zero-order chi connectivity index (χ0) is 13.8. The van der Waals surface area contributed by atoms with E-state index in [1.165, 1.54) is 11.1 Å². The van der Waals surface area contributed by atoms with Crippen LogP contribution in [-0.2, 0) is 0 Å². The summed E-state index contributed by atoms with van der Waals surface area (Å²) in [6.45, 7) is 7.84. The fraction of sp³-hybridized carbons (Fsp3) is 0.500. The molecule has 0 aliphatic heterocycles. The van der Waals surface area contributed by atoms with E-state index in [0.29, 0.717) is 0 Å². The van der Waals surface area contributed by atoms with Gasteiger partial charge in [0.05, 0.1) is 12.7 Å². The maximum atomic E-state index is 9.64. The minimum atomic E-state index is -0.600. The summed E-state index contributed by atoms with van der Waals surface area (Å²) in [5.41, 5.74) is 2.99. The third-order valence-electron chi connectivity index (χ3n) is 3.07. The predicted molar refractivity (Wildman–Crippen MR) is 77.0 cm³/mol. The lowest BCUT2D eigenvalue weighted by atomic mass is 10.0. The Morgan fingerprint density at radius 3 is 2.39 bits per heavy atom. The number of allylic oxidation sites excluding steroid dienone is 1. The molecule has 1 aromatic rings. The molecule has 0 radical (unpaired) electrons. The standard InChI is InChI=1S/C16H24O2/c1-12-10-14(15(18-5)11-13(12)2)8-6-7-9-16(3,4)17/h6,8,10-11,17H,7,9H2,1-5H3/b8-6+. The van der Waals surface area contributed by atoms with Crippen LogP contribution in [0, 0.1) is 13.8 Å². The van der Waals surface area contributed by atoms with E-state index < -0.39 is 5.60 Å². The molecule has 0 atom stereocenters. The molecule has 100 valence electrons. The molecule has 1 rings (SSSR count). The van der Waals surface area contributed by atoms with Crippen LogP contribution in [-0.4, -0.2) is 17.8 Å². The van der Waals surface area contributed by atoms with Gasteiger partial charge < -0.3 is 9.84 Å². The van der Waals surface area contributed by atoms with E-state index in [1.807, 2.05) is 13.8 Å². The summed E-state index contributed by atoms with van der Waals surface area (Å²) in [5, 5.41) is 9.64. The second kappa shape index (κ2) is 6.05. The number of ether oxygens (including phenoxy) is 1. The van der Waals surface area contributed by atoms with Crippen LogP contribution in [0.4, 0.5) is 0 Å². The molecule has 0 aliphatic rings. The van der Waals surface area contributed by atoms with Crippen LogP contribution in [0.3, 0.4) is 0 Å². The second-order valence-electron chi connectivity index (χ2n) is 5.43. The van der Waals surface area contributed by atoms with Gasteiger partial charge in [0.1, 0.15) is 5.75 Å². The highest BCUT2D eigenvalue weighted by atomic mass is 16.5. The summed E-state index contributed by atoms with van der Waals surface area (Å²) in [7, 11) is 1.69. The first-order valence-corrected chi connectivity index (χ1v) is 6.37. The summed E-state index contributed by atoms with van der Waals surface area (Å²) >= 11 is 0. The van der Waals surface area contributed by atoms with Crippen LogP contribution in [0.5, 0.6) is 5.75 Å². The molecule has 1 N–H and O–H groups in total. The normalized spacial score (nSPS) is 12.1. The van der Waals surface area contributed by atoms with Gasteiger partial charge in [-0.1, -0.05) is 12.2 Å². The average Bonchev–Trinajstić information content (AvgIpc) is 2.27. The Hall–Kier alpha value is -1.28. The predicted octanol–water partition coefficient (Wildman–Crippen LogP) is 3.88. The smallest absolute Gasteiger partial charge is 0.126 e. The lowest BCUT2D eigenvalue weighted by Gasteiger charge is -2.15. The van der Waals surface area contributed by atoms with Gasteiger partial charge in [-0.05, 0) is 63.8 Å². The van der Waals surface area contributed by atoms with Crippen molar-refractivity contribution in [2.24, 2.45) is 0 Å². The number of hydrogen-bond donors (Lipinski definition) is 1. The van der Waals surface area contributed by atoms with Crippen molar-refractivity contribution in [1.29, 1.82) is 0 Å². The topological polar surface area (TPSA) is 29.5 Å². The lowest BCUT2D eigenvalue weighted by Crippen LogP contribution is -2.17. The van der Waals surface area contributed by atoms with Crippen molar-refractivity contribution in [3.8, 4) is 5.75 Å². The molecule has 0 aliphatic carbocycles. The summed E-state index contributed by atoms with van der Waals surface area (Å²) in [6.07, 6.45) is 5.78. The summed E-state index contributed by atoms with van der Waals surface area (Å²) in [6, 6.07) is 4.19. The summed E-state index contributed by atoms with van der Waals surface area (Å²) < 4.78 is 5.38. The molecule has 0 heterocycles. The van der Waals surface area contributed by atoms with E-state index in [9.17, 15) is 5.11 Å². The third-order valence-corrected chi connectivity index (χ3v) is 3.07. The largest absolute Gasteiger partial charge is 0.496 e. The van der Waals surface area contributed by atoms with Gasteiger partial charge in [0.15, 0.2) is 0 Å². The Kier molecular flexibility index (Phi) is 4.97. The van der Waals surface area contributed by atoms with Crippen molar-refractivity contribution in [2.75, 3.05) is 7.11 Å². The molecular formula is C16H24O2. The molecule has 1 aromatic carbocycles. The van der Waals surface area contributed by atoms with Crippen molar-refractivity contribution in [2.45, 2.75) is 46.1 Å². The van der Waals surface area contributed by atoms with Gasteiger partial charge in [0.25, 0.3) is 0 Å². The Bertz CT molecular complexity index is 425. The number of rotatable bonds is 5. The zero-order valence-electron chi connectivity index (χ0n) is 12.1. The van der Waals surface area contributed by atoms with Crippen LogP contribution in [0.15, 0.2) is 18.2 Å². The van der Waals surface area contributed by atoms with Crippen LogP contribution in [0.2, 0.25) is 0 Å². The van der Waals surface area contributed by atoms with Gasteiger partial charge in [-0.15, -0.1) is 0 Å². The minimum Gasteiger partial charge on any atom is -0.496 e. The number of hydrogen-bond acceptors (Lipinski definition) is 2. The SMILES string of the molecule is COc1cc(C)c(C)cc1/C=C/CCC(C)(C)O. The van der Waals surface area contributed by atoms with Crippen molar-refractivity contribution >= 4 is 6.08 Å². The molecule has 2 heteroatoms. The molecule has 0 spiro atoms. The molecule has 0 saturated heterocycles. The van der Waals surface area contributed by atoms with E-state index in [1.54, 1.807) is 7.11 Å². The van der Waals surface area contributed by atoms with Crippen LogP contribution < -0.4 is 4.74 Å². The van der Waals surface area contributed by atoms with Crippen LogP contribution in [0.1, 0.15) is 43.4 Å². The fourth-order valence-electron chi connectivity index (χ4n) is 1.77. The molecule has 18 heavy (non-hydrogen) atoms. The third kappa shape index (κ3) is 4.53. The number of benzene rings is 1. The molecule has 0 aromatic heterocycles. The Morgan fingerprint density at radius 1 is 1.22 bits per heavy atom. The molecule has 0 unspecified atom stereocenters. The van der Waals surface area contributed by atoms with E-state index in [4.69, 9.17) is 4.74 Å². The van der Waals surface area contributed by atoms with Crippen molar-refractivity contribution in [3.63, 3.8) is 0 Å². The first-order chi connectivity index (χ1) is 8.33. The number of aliphatic hydroxyl groups is 1. The van der Waals surface area contributed by atoms with E-state index in [0.717, 1.165) is 24.2 Å². The van der Waals surface area contributed by atoms with E-state index in [2.05, 4.69) is 38.1 Å². The van der Waals surface area contributed by atoms with Crippen LogP contribution in [0.25, 0.3) is 6.08 Å². The van der Waals surface area contributed by atoms with Crippen molar-refractivity contribution < 1.29 is 9.84 Å². The second-order valence-corrected chi connectivity index (χ2v) is 5.43. The number of methoxy groups -OCH3 is 1. The van der Waals surface area contributed by atoms with Gasteiger partial charge in [-0.25, -0.2) is 0 Å². The lowest BCUT2D eigenvalue weighted by molar-refractivity contribution is 0.0722. The van der Waals surface area contributed by atoms with E-state index in [-0.39, 0.29) is 0 Å². The van der Waals surface area contributed by atoms with Crippen LogP contribution >= 0.6 is 0 Å². The monoisotopic (exact) mass is 248 g/mol. The van der Waals surface area contributed by atoms with Gasteiger partial charge in [0, 0.05) is 5.56 Å². The number of aryl methyl sites for hydroxylation is 2. The highest BCUT2D eigenvalue weighted by Crippen LogP contribution is 2.24.